The summed E-state index contributed by atoms with van der Waals surface area (Å²) in [6, 6.07) is 2.88. The van der Waals surface area contributed by atoms with E-state index in [2.05, 4.69) is 20.6 Å². The Kier molecular flexibility index (Phi) is 4.57. The molecule has 1 aromatic heterocycles. The first-order valence-corrected chi connectivity index (χ1v) is 7.65. The van der Waals surface area contributed by atoms with Gasteiger partial charge in [0, 0.05) is 18.0 Å². The van der Waals surface area contributed by atoms with Crippen LogP contribution in [0.5, 0.6) is 0 Å². The molecule has 0 unspecified atom stereocenters. The number of aliphatic hydroxyl groups is 1. The lowest BCUT2D eigenvalue weighted by Crippen LogP contribution is -2.21. The number of rotatable bonds is 6. The molecule has 0 spiro atoms. The first-order valence-electron chi connectivity index (χ1n) is 7.65. The summed E-state index contributed by atoms with van der Waals surface area (Å²) in [5, 5.41) is 14.5. The van der Waals surface area contributed by atoms with Gasteiger partial charge in [0.05, 0.1) is 12.3 Å². The Balaban J connectivity index is 1.94. The third-order valence-corrected chi connectivity index (χ3v) is 3.69. The summed E-state index contributed by atoms with van der Waals surface area (Å²) in [5.41, 5.74) is 0.133. The van der Waals surface area contributed by atoms with Gasteiger partial charge in [0.1, 0.15) is 17.3 Å². The number of hydrogen-bond donors (Lipinski definition) is 3. The topological polar surface area (TPSA) is 70.1 Å². The molecule has 0 aliphatic heterocycles. The lowest BCUT2D eigenvalue weighted by Gasteiger charge is -2.14. The summed E-state index contributed by atoms with van der Waals surface area (Å²) in [4.78, 5) is 8.49. The van der Waals surface area contributed by atoms with Crippen molar-refractivity contribution in [2.45, 2.75) is 31.7 Å². The molecule has 128 valence electrons. The van der Waals surface area contributed by atoms with E-state index < -0.39 is 23.1 Å². The second-order valence-electron chi connectivity index (χ2n) is 5.85. The fraction of sp³-hybridized carbons (Fsp3) is 0.375. The smallest absolute Gasteiger partial charge is 0.225 e. The first-order chi connectivity index (χ1) is 11.5. The number of aliphatic hydroxyl groups excluding tert-OH is 1. The fourth-order valence-corrected chi connectivity index (χ4v) is 2.22. The molecule has 1 heterocycles. The van der Waals surface area contributed by atoms with Crippen LogP contribution < -0.4 is 10.6 Å². The minimum absolute atomic E-state index is 0.118. The summed E-state index contributed by atoms with van der Waals surface area (Å²) < 4.78 is 40.9. The molecule has 24 heavy (non-hydrogen) atoms. The van der Waals surface area contributed by atoms with Crippen molar-refractivity contribution in [1.82, 2.24) is 9.97 Å². The van der Waals surface area contributed by atoms with Gasteiger partial charge in [0.2, 0.25) is 5.95 Å². The largest absolute Gasteiger partial charge is 0.394 e. The van der Waals surface area contributed by atoms with E-state index in [9.17, 15) is 13.2 Å². The van der Waals surface area contributed by atoms with Gasteiger partial charge in [0.15, 0.2) is 11.6 Å². The minimum atomic E-state index is -1.31. The normalized spacial score (nSPS) is 15.2. The van der Waals surface area contributed by atoms with E-state index in [1.165, 1.54) is 0 Å². The molecule has 0 amide bonds. The highest BCUT2D eigenvalue weighted by molar-refractivity contribution is 5.59. The highest BCUT2D eigenvalue weighted by Crippen LogP contribution is 2.40. The molecule has 1 fully saturated rings. The highest BCUT2D eigenvalue weighted by atomic mass is 19.2. The molecule has 2 aromatic rings. The molecular weight excluding hydrogens is 321 g/mol. The molecule has 0 bridgehead atoms. The molecule has 0 radical (unpaired) electrons. The van der Waals surface area contributed by atoms with Crippen molar-refractivity contribution in [3.05, 3.63) is 41.3 Å². The lowest BCUT2D eigenvalue weighted by molar-refractivity contribution is 0.281. The van der Waals surface area contributed by atoms with Crippen LogP contribution in [0.1, 0.15) is 31.4 Å². The molecule has 3 rings (SSSR count). The highest BCUT2D eigenvalue weighted by Gasteiger charge is 2.27. The quantitative estimate of drug-likeness (QED) is 0.705. The molecule has 1 aliphatic rings. The Morgan fingerprint density at radius 3 is 2.58 bits per heavy atom. The number of nitrogens with one attached hydrogen (secondary N) is 2. The predicted octanol–water partition coefficient (Wildman–Crippen LogP) is 3.31. The van der Waals surface area contributed by atoms with Crippen molar-refractivity contribution in [3.8, 4) is 0 Å². The Hall–Kier alpha value is -2.35. The Bertz CT molecular complexity index is 752. The van der Waals surface area contributed by atoms with Gasteiger partial charge < -0.3 is 15.7 Å². The molecule has 8 heteroatoms. The van der Waals surface area contributed by atoms with Crippen LogP contribution in [0.15, 0.2) is 18.2 Å². The Labute approximate surface area is 137 Å². The third-order valence-electron chi connectivity index (χ3n) is 3.69. The third kappa shape index (κ3) is 3.59. The van der Waals surface area contributed by atoms with E-state index in [-0.39, 0.29) is 30.3 Å². The van der Waals surface area contributed by atoms with Crippen LogP contribution in [-0.2, 0) is 0 Å². The molecule has 5 nitrogen and oxygen atoms in total. The molecule has 1 atom stereocenters. The van der Waals surface area contributed by atoms with Crippen LogP contribution in [0.25, 0.3) is 0 Å². The van der Waals surface area contributed by atoms with Gasteiger partial charge >= 0.3 is 0 Å². The molecule has 1 aromatic carbocycles. The summed E-state index contributed by atoms with van der Waals surface area (Å²) >= 11 is 0. The number of aromatic nitrogens is 2. The van der Waals surface area contributed by atoms with E-state index in [4.69, 9.17) is 5.11 Å². The van der Waals surface area contributed by atoms with Gasteiger partial charge in [-0.2, -0.15) is 4.98 Å². The summed E-state index contributed by atoms with van der Waals surface area (Å²) in [6.45, 7) is 1.62. The lowest BCUT2D eigenvalue weighted by atomic mass is 10.2. The van der Waals surface area contributed by atoms with Crippen LogP contribution in [0.3, 0.4) is 0 Å². The van der Waals surface area contributed by atoms with Gasteiger partial charge in [-0.15, -0.1) is 0 Å². The van der Waals surface area contributed by atoms with Crippen LogP contribution in [0.4, 0.5) is 30.6 Å². The number of anilines is 3. The van der Waals surface area contributed by atoms with E-state index in [1.807, 2.05) is 0 Å². The zero-order valence-electron chi connectivity index (χ0n) is 13.0. The van der Waals surface area contributed by atoms with Crippen molar-refractivity contribution in [1.29, 1.82) is 0 Å². The van der Waals surface area contributed by atoms with Crippen LogP contribution in [0, 0.1) is 17.5 Å². The summed E-state index contributed by atoms with van der Waals surface area (Å²) in [6.07, 6.45) is 1.96. The van der Waals surface area contributed by atoms with Gasteiger partial charge in [-0.1, -0.05) is 0 Å². The van der Waals surface area contributed by atoms with Crippen molar-refractivity contribution in [2.24, 2.45) is 0 Å². The zero-order valence-corrected chi connectivity index (χ0v) is 13.0. The molecule has 3 N–H and O–H groups in total. The summed E-state index contributed by atoms with van der Waals surface area (Å²) in [7, 11) is 0. The van der Waals surface area contributed by atoms with Crippen molar-refractivity contribution in [2.75, 3.05) is 17.2 Å². The van der Waals surface area contributed by atoms with Crippen molar-refractivity contribution >= 4 is 17.5 Å². The maximum atomic E-state index is 13.8. The van der Waals surface area contributed by atoms with Gasteiger partial charge in [-0.05, 0) is 31.9 Å². The number of nitrogens with zero attached hydrogens (tertiary/aromatic N) is 2. The van der Waals surface area contributed by atoms with E-state index in [0.717, 1.165) is 30.7 Å². The monoisotopic (exact) mass is 338 g/mol. The minimum Gasteiger partial charge on any atom is -0.394 e. The standard InChI is InChI=1S/C16H17F3N4O/c1-8(7-24)20-16-21-12(9-2-3-9)6-13(23-16)22-15-11(18)5-4-10(17)14(15)19/h4-6,8-9,24H,2-3,7H2,1H3,(H2,20,21,22,23)/t8-/m1/s1. The first kappa shape index (κ1) is 16.5. The number of benzene rings is 1. The molecule has 0 saturated heterocycles. The van der Waals surface area contributed by atoms with E-state index in [1.54, 1.807) is 13.0 Å². The average molecular weight is 338 g/mol. The SMILES string of the molecule is C[C@H](CO)Nc1nc(Nc2c(F)ccc(F)c2F)cc(C2CC2)n1. The van der Waals surface area contributed by atoms with Crippen molar-refractivity contribution < 1.29 is 18.3 Å². The van der Waals surface area contributed by atoms with Crippen LogP contribution in [0.2, 0.25) is 0 Å². The summed E-state index contributed by atoms with van der Waals surface area (Å²) in [5.74, 6) is -2.70. The van der Waals surface area contributed by atoms with Crippen LogP contribution in [-0.4, -0.2) is 27.7 Å². The maximum absolute atomic E-state index is 13.8. The van der Waals surface area contributed by atoms with Crippen molar-refractivity contribution in [3.63, 3.8) is 0 Å². The van der Waals surface area contributed by atoms with Gasteiger partial charge in [-0.3, -0.25) is 0 Å². The fourth-order valence-electron chi connectivity index (χ4n) is 2.22. The second-order valence-corrected chi connectivity index (χ2v) is 5.85. The Morgan fingerprint density at radius 2 is 1.92 bits per heavy atom. The molecule has 1 saturated carbocycles. The second kappa shape index (κ2) is 6.64. The molecular formula is C16H17F3N4O. The van der Waals surface area contributed by atoms with Gasteiger partial charge in [0.25, 0.3) is 0 Å². The van der Waals surface area contributed by atoms with Crippen LogP contribution >= 0.6 is 0 Å². The zero-order chi connectivity index (χ0) is 17.3. The maximum Gasteiger partial charge on any atom is 0.225 e. The number of halogens is 3. The van der Waals surface area contributed by atoms with Gasteiger partial charge in [-0.25, -0.2) is 18.2 Å². The average Bonchev–Trinajstić information content (AvgIpc) is 3.40. The molecule has 1 aliphatic carbocycles. The van der Waals surface area contributed by atoms with E-state index >= 15 is 0 Å². The van der Waals surface area contributed by atoms with E-state index in [0.29, 0.717) is 0 Å². The predicted molar refractivity (Wildman–Crippen MR) is 83.8 cm³/mol. The Morgan fingerprint density at radius 1 is 1.21 bits per heavy atom. The number of hydrogen-bond acceptors (Lipinski definition) is 5.